The third-order valence-corrected chi connectivity index (χ3v) is 8.65. The predicted octanol–water partition coefficient (Wildman–Crippen LogP) is 2.93. The standard InChI is InChI=1S/C26H34N4O4S/c1-3-35(33,34)30-9-7-19(8-10-30)24-16-29-25-22(24)12-21(13-23(25)26(27)32)20-6-4-5-18(11-20)15-28-14-17(2)31/h4-6,11-13,16-17,19,28-29,31H,3,7-10,14-15H2,1-2H3,(H2,27,32)/t17-/m0/s1. The van der Waals surface area contributed by atoms with Crippen LogP contribution in [-0.4, -0.2) is 60.2 Å². The highest BCUT2D eigenvalue weighted by Gasteiger charge is 2.29. The third kappa shape index (κ3) is 5.59. The SMILES string of the molecule is CCS(=O)(=O)N1CCC(c2c[nH]c3c(C(N)=O)cc(-c4cccc(CNC[C@H](C)O)c4)cc23)CC1. The lowest BCUT2D eigenvalue weighted by Gasteiger charge is -2.31. The second kappa shape index (κ2) is 10.5. The summed E-state index contributed by atoms with van der Waals surface area (Å²) in [5, 5.41) is 13.7. The molecule has 9 heteroatoms. The van der Waals surface area contributed by atoms with E-state index in [1.54, 1.807) is 18.2 Å². The molecule has 0 aliphatic carbocycles. The van der Waals surface area contributed by atoms with Crippen LogP contribution in [0.15, 0.2) is 42.6 Å². The van der Waals surface area contributed by atoms with Crippen molar-refractivity contribution < 1.29 is 18.3 Å². The van der Waals surface area contributed by atoms with Gasteiger partial charge in [0.25, 0.3) is 5.91 Å². The molecule has 1 amide bonds. The molecule has 5 N–H and O–H groups in total. The van der Waals surface area contributed by atoms with Crippen LogP contribution in [0.5, 0.6) is 0 Å². The summed E-state index contributed by atoms with van der Waals surface area (Å²) in [7, 11) is -3.19. The van der Waals surface area contributed by atoms with Crippen molar-refractivity contribution in [2.45, 2.75) is 45.3 Å². The Hall–Kier alpha value is -2.72. The number of nitrogens with one attached hydrogen (secondary N) is 2. The molecule has 0 spiro atoms. The van der Waals surface area contributed by atoms with Gasteiger partial charge in [-0.25, -0.2) is 12.7 Å². The molecule has 3 aromatic rings. The molecule has 0 unspecified atom stereocenters. The van der Waals surface area contributed by atoms with Gasteiger partial charge < -0.3 is 21.1 Å². The number of aliphatic hydroxyl groups excluding tert-OH is 1. The zero-order valence-corrected chi connectivity index (χ0v) is 21.1. The first-order valence-electron chi connectivity index (χ1n) is 12.1. The van der Waals surface area contributed by atoms with E-state index in [1.807, 2.05) is 30.5 Å². The van der Waals surface area contributed by atoms with E-state index in [1.165, 1.54) is 0 Å². The van der Waals surface area contributed by atoms with Gasteiger partial charge in [0.2, 0.25) is 10.0 Å². The van der Waals surface area contributed by atoms with E-state index in [0.29, 0.717) is 31.7 Å². The highest BCUT2D eigenvalue weighted by Crippen LogP contribution is 2.37. The van der Waals surface area contributed by atoms with E-state index in [-0.39, 0.29) is 11.7 Å². The first kappa shape index (κ1) is 25.4. The number of H-pyrrole nitrogens is 1. The van der Waals surface area contributed by atoms with Crippen molar-refractivity contribution in [1.29, 1.82) is 0 Å². The molecule has 2 heterocycles. The number of sulfonamides is 1. The summed E-state index contributed by atoms with van der Waals surface area (Å²) in [6.45, 7) is 5.54. The number of aromatic amines is 1. The maximum Gasteiger partial charge on any atom is 0.250 e. The van der Waals surface area contributed by atoms with Gasteiger partial charge in [0, 0.05) is 37.8 Å². The molecule has 0 bridgehead atoms. The number of aliphatic hydroxyl groups is 1. The molecule has 1 aliphatic rings. The molecular formula is C26H34N4O4S. The second-order valence-corrected chi connectivity index (χ2v) is 11.6. The minimum Gasteiger partial charge on any atom is -0.392 e. The summed E-state index contributed by atoms with van der Waals surface area (Å²) in [4.78, 5) is 15.6. The van der Waals surface area contributed by atoms with Gasteiger partial charge >= 0.3 is 0 Å². The number of carbonyl (C=O) groups is 1. The van der Waals surface area contributed by atoms with Gasteiger partial charge in [0.1, 0.15) is 0 Å². The lowest BCUT2D eigenvalue weighted by molar-refractivity contribution is 0.100. The zero-order chi connectivity index (χ0) is 25.2. The maximum absolute atomic E-state index is 12.3. The van der Waals surface area contributed by atoms with Crippen LogP contribution in [0.3, 0.4) is 0 Å². The Morgan fingerprint density at radius 1 is 1.23 bits per heavy atom. The van der Waals surface area contributed by atoms with Crippen molar-refractivity contribution in [1.82, 2.24) is 14.6 Å². The van der Waals surface area contributed by atoms with Crippen LogP contribution in [-0.2, 0) is 16.6 Å². The van der Waals surface area contributed by atoms with E-state index >= 15 is 0 Å². The number of nitrogens with two attached hydrogens (primary N) is 1. The fraction of sp³-hybridized carbons (Fsp3) is 0.423. The molecular weight excluding hydrogens is 464 g/mol. The summed E-state index contributed by atoms with van der Waals surface area (Å²) in [6, 6.07) is 12.0. The molecule has 2 aromatic carbocycles. The van der Waals surface area contributed by atoms with Crippen LogP contribution in [0.2, 0.25) is 0 Å². The van der Waals surface area contributed by atoms with E-state index in [2.05, 4.69) is 22.4 Å². The molecule has 8 nitrogen and oxygen atoms in total. The number of hydrogen-bond donors (Lipinski definition) is 4. The van der Waals surface area contributed by atoms with E-state index in [9.17, 15) is 18.3 Å². The average molecular weight is 499 g/mol. The number of nitrogens with zero attached hydrogens (tertiary/aromatic N) is 1. The molecule has 0 radical (unpaired) electrons. The highest BCUT2D eigenvalue weighted by atomic mass is 32.2. The Kier molecular flexibility index (Phi) is 7.61. The molecule has 1 aliphatic heterocycles. The van der Waals surface area contributed by atoms with Gasteiger partial charge in [-0.15, -0.1) is 0 Å². The number of rotatable bonds is 9. The maximum atomic E-state index is 12.3. The van der Waals surface area contributed by atoms with Crippen LogP contribution in [0.4, 0.5) is 0 Å². The number of fused-ring (bicyclic) bond motifs is 1. The smallest absolute Gasteiger partial charge is 0.250 e. The first-order valence-corrected chi connectivity index (χ1v) is 13.7. The van der Waals surface area contributed by atoms with Crippen LogP contribution >= 0.6 is 0 Å². The van der Waals surface area contributed by atoms with Gasteiger partial charge in [-0.2, -0.15) is 0 Å². The van der Waals surface area contributed by atoms with Crippen LogP contribution in [0.1, 0.15) is 54.1 Å². The van der Waals surface area contributed by atoms with Crippen molar-refractivity contribution in [3.05, 3.63) is 59.3 Å². The van der Waals surface area contributed by atoms with E-state index in [0.717, 1.165) is 46.0 Å². The lowest BCUT2D eigenvalue weighted by Crippen LogP contribution is -2.38. The molecule has 188 valence electrons. The monoisotopic (exact) mass is 498 g/mol. The van der Waals surface area contributed by atoms with Crippen molar-refractivity contribution >= 4 is 26.8 Å². The Morgan fingerprint density at radius 3 is 2.63 bits per heavy atom. The van der Waals surface area contributed by atoms with Gasteiger partial charge in [-0.1, -0.05) is 18.2 Å². The molecule has 0 saturated carbocycles. The van der Waals surface area contributed by atoms with Crippen molar-refractivity contribution in [3.63, 3.8) is 0 Å². The molecule has 35 heavy (non-hydrogen) atoms. The van der Waals surface area contributed by atoms with Gasteiger partial charge in [0.15, 0.2) is 0 Å². The van der Waals surface area contributed by atoms with E-state index < -0.39 is 22.0 Å². The summed E-state index contributed by atoms with van der Waals surface area (Å²) < 4.78 is 26.1. The number of benzene rings is 2. The average Bonchev–Trinajstić information content (AvgIpc) is 3.27. The minimum absolute atomic E-state index is 0.115. The number of hydrogen-bond acceptors (Lipinski definition) is 5. The van der Waals surface area contributed by atoms with Gasteiger partial charge in [0.05, 0.1) is 22.9 Å². The summed E-state index contributed by atoms with van der Waals surface area (Å²) in [5.41, 5.74) is 10.9. The summed E-state index contributed by atoms with van der Waals surface area (Å²) >= 11 is 0. The predicted molar refractivity (Wildman–Crippen MR) is 139 cm³/mol. The Morgan fingerprint density at radius 2 is 1.97 bits per heavy atom. The van der Waals surface area contributed by atoms with Gasteiger partial charge in [-0.05, 0) is 73.1 Å². The lowest BCUT2D eigenvalue weighted by atomic mass is 9.88. The van der Waals surface area contributed by atoms with Crippen LogP contribution < -0.4 is 11.1 Å². The highest BCUT2D eigenvalue weighted by molar-refractivity contribution is 7.89. The van der Waals surface area contributed by atoms with Crippen molar-refractivity contribution in [3.8, 4) is 11.1 Å². The van der Waals surface area contributed by atoms with Crippen molar-refractivity contribution in [2.75, 3.05) is 25.4 Å². The van der Waals surface area contributed by atoms with E-state index in [4.69, 9.17) is 5.73 Å². The zero-order valence-electron chi connectivity index (χ0n) is 20.3. The largest absolute Gasteiger partial charge is 0.392 e. The normalized spacial score (nSPS) is 16.5. The Balaban J connectivity index is 1.66. The number of carbonyl (C=O) groups excluding carboxylic acids is 1. The number of primary amides is 1. The number of piperidine rings is 1. The van der Waals surface area contributed by atoms with Crippen LogP contribution in [0, 0.1) is 0 Å². The Bertz CT molecular complexity index is 1310. The second-order valence-electron chi connectivity index (χ2n) is 9.31. The third-order valence-electron chi connectivity index (χ3n) is 6.77. The first-order chi connectivity index (χ1) is 16.7. The van der Waals surface area contributed by atoms with Gasteiger partial charge in [-0.3, -0.25) is 4.79 Å². The molecule has 4 rings (SSSR count). The summed E-state index contributed by atoms with van der Waals surface area (Å²) in [5.74, 6) is -0.188. The number of aromatic nitrogens is 1. The fourth-order valence-electron chi connectivity index (χ4n) is 4.87. The Labute approximate surface area is 206 Å². The molecule has 1 aromatic heterocycles. The fourth-order valence-corrected chi connectivity index (χ4v) is 6.00. The van der Waals surface area contributed by atoms with Crippen LogP contribution in [0.25, 0.3) is 22.0 Å². The summed E-state index contributed by atoms with van der Waals surface area (Å²) in [6.07, 6.45) is 2.98. The van der Waals surface area contributed by atoms with Crippen molar-refractivity contribution in [2.24, 2.45) is 5.73 Å². The molecule has 1 fully saturated rings. The number of amides is 1. The quantitative estimate of drug-likeness (QED) is 0.361. The minimum atomic E-state index is -3.19. The molecule has 1 saturated heterocycles. The molecule has 1 atom stereocenters. The topological polar surface area (TPSA) is 129 Å².